The molecular weight excluding hydrogens is 436 g/mol. The highest BCUT2D eigenvalue weighted by molar-refractivity contribution is 7.89. The summed E-state index contributed by atoms with van der Waals surface area (Å²) in [6.07, 6.45) is 3.07. The number of hydrogen-bond donors (Lipinski definition) is 1. The van der Waals surface area contributed by atoms with Crippen molar-refractivity contribution in [3.05, 3.63) is 59.7 Å². The van der Waals surface area contributed by atoms with Crippen molar-refractivity contribution in [3.8, 4) is 5.75 Å². The van der Waals surface area contributed by atoms with Gasteiger partial charge < -0.3 is 10.1 Å². The number of aryl methyl sites for hydroxylation is 1. The van der Waals surface area contributed by atoms with Gasteiger partial charge in [-0.2, -0.15) is 4.31 Å². The number of amides is 1. The van der Waals surface area contributed by atoms with E-state index >= 15 is 0 Å². The standard InChI is InChI=1S/C26H36N2O4S/c1-19(2)22-14-15-24(32-4)25(17-22)33(30,31)28-16-8-11-23(18-28)26(29)27-20(3)12-13-21-9-6-5-7-10-21/h5-7,9-10,14-15,17,19-20,23H,8,11-13,16,18H2,1-4H3,(H,27,29)/t20-,23-/m0/s1. The zero-order chi connectivity index (χ0) is 24.0. The normalized spacial score (nSPS) is 18.2. The Bertz CT molecular complexity index is 1040. The van der Waals surface area contributed by atoms with Gasteiger partial charge in [0, 0.05) is 19.1 Å². The van der Waals surface area contributed by atoms with Gasteiger partial charge in [-0.3, -0.25) is 4.79 Å². The summed E-state index contributed by atoms with van der Waals surface area (Å²) in [6.45, 7) is 6.65. The van der Waals surface area contributed by atoms with Gasteiger partial charge in [-0.1, -0.05) is 50.2 Å². The Balaban J connectivity index is 1.67. The molecule has 0 unspecified atom stereocenters. The van der Waals surface area contributed by atoms with Crippen LogP contribution in [0, 0.1) is 5.92 Å². The summed E-state index contributed by atoms with van der Waals surface area (Å²) in [6, 6.07) is 15.5. The van der Waals surface area contributed by atoms with Crippen LogP contribution in [-0.4, -0.2) is 44.9 Å². The monoisotopic (exact) mass is 472 g/mol. The van der Waals surface area contributed by atoms with E-state index in [0.29, 0.717) is 25.1 Å². The number of hydrogen-bond acceptors (Lipinski definition) is 4. The van der Waals surface area contributed by atoms with Gasteiger partial charge in [0.15, 0.2) is 0 Å². The van der Waals surface area contributed by atoms with Gasteiger partial charge in [-0.05, 0) is 61.8 Å². The van der Waals surface area contributed by atoms with E-state index in [4.69, 9.17) is 4.74 Å². The van der Waals surface area contributed by atoms with Crippen molar-refractivity contribution < 1.29 is 17.9 Å². The van der Waals surface area contributed by atoms with Crippen molar-refractivity contribution in [2.24, 2.45) is 5.92 Å². The lowest BCUT2D eigenvalue weighted by Crippen LogP contribution is -2.47. The number of carbonyl (C=O) groups is 1. The smallest absolute Gasteiger partial charge is 0.246 e. The number of nitrogens with one attached hydrogen (secondary N) is 1. The molecule has 1 heterocycles. The molecule has 1 aliphatic rings. The number of methoxy groups -OCH3 is 1. The van der Waals surface area contributed by atoms with Crippen LogP contribution in [0.1, 0.15) is 57.1 Å². The fourth-order valence-corrected chi connectivity index (χ4v) is 5.94. The molecule has 0 saturated carbocycles. The first kappa shape index (κ1) is 25.2. The molecule has 33 heavy (non-hydrogen) atoms. The predicted octanol–water partition coefficient (Wildman–Crippen LogP) is 4.36. The minimum Gasteiger partial charge on any atom is -0.495 e. The van der Waals surface area contributed by atoms with Crippen molar-refractivity contribution in [1.82, 2.24) is 9.62 Å². The lowest BCUT2D eigenvalue weighted by Gasteiger charge is -2.32. The molecule has 3 rings (SSSR count). The Morgan fingerprint density at radius 2 is 1.88 bits per heavy atom. The number of benzene rings is 2. The van der Waals surface area contributed by atoms with Crippen LogP contribution >= 0.6 is 0 Å². The Hall–Kier alpha value is -2.38. The molecular formula is C26H36N2O4S. The van der Waals surface area contributed by atoms with Gasteiger partial charge in [0.25, 0.3) is 0 Å². The molecule has 1 amide bonds. The summed E-state index contributed by atoms with van der Waals surface area (Å²) < 4.78 is 33.8. The summed E-state index contributed by atoms with van der Waals surface area (Å²) in [5.41, 5.74) is 2.18. The van der Waals surface area contributed by atoms with Crippen LogP contribution in [0.5, 0.6) is 5.75 Å². The molecule has 0 spiro atoms. The summed E-state index contributed by atoms with van der Waals surface area (Å²) in [7, 11) is -2.29. The highest BCUT2D eigenvalue weighted by Gasteiger charge is 2.35. The maximum absolute atomic E-state index is 13.5. The SMILES string of the molecule is COc1ccc(C(C)C)cc1S(=O)(=O)N1CCC[C@H](C(=O)N[C@@H](C)CCc2ccccc2)C1. The Morgan fingerprint density at radius 1 is 1.15 bits per heavy atom. The fraction of sp³-hybridized carbons (Fsp3) is 0.500. The van der Waals surface area contributed by atoms with E-state index in [1.807, 2.05) is 45.0 Å². The maximum atomic E-state index is 13.5. The van der Waals surface area contributed by atoms with E-state index in [2.05, 4.69) is 17.4 Å². The third-order valence-electron chi connectivity index (χ3n) is 6.32. The minimum absolute atomic E-state index is 0.0208. The fourth-order valence-electron chi connectivity index (χ4n) is 4.23. The number of rotatable bonds is 9. The van der Waals surface area contributed by atoms with Gasteiger partial charge in [0.05, 0.1) is 13.0 Å². The Morgan fingerprint density at radius 3 is 2.55 bits per heavy atom. The summed E-state index contributed by atoms with van der Waals surface area (Å²) in [5, 5.41) is 3.09. The Labute approximate surface area is 198 Å². The number of piperidine rings is 1. The molecule has 6 nitrogen and oxygen atoms in total. The average Bonchev–Trinajstić information content (AvgIpc) is 2.83. The first-order valence-corrected chi connectivity index (χ1v) is 13.2. The lowest BCUT2D eigenvalue weighted by atomic mass is 9.98. The van der Waals surface area contributed by atoms with Crippen LogP contribution in [0.3, 0.4) is 0 Å². The van der Waals surface area contributed by atoms with E-state index in [1.54, 1.807) is 12.1 Å². The van der Waals surface area contributed by atoms with Gasteiger partial charge >= 0.3 is 0 Å². The third-order valence-corrected chi connectivity index (χ3v) is 8.21. The summed E-state index contributed by atoms with van der Waals surface area (Å²) in [4.78, 5) is 13.1. The molecule has 180 valence electrons. The molecule has 2 aromatic rings. The van der Waals surface area contributed by atoms with Crippen LogP contribution in [0.25, 0.3) is 0 Å². The van der Waals surface area contributed by atoms with Crippen LogP contribution in [0.4, 0.5) is 0 Å². The van der Waals surface area contributed by atoms with E-state index in [9.17, 15) is 13.2 Å². The third kappa shape index (κ3) is 6.36. The number of sulfonamides is 1. The van der Waals surface area contributed by atoms with Crippen LogP contribution in [0.15, 0.2) is 53.4 Å². The van der Waals surface area contributed by atoms with E-state index < -0.39 is 10.0 Å². The van der Waals surface area contributed by atoms with Gasteiger partial charge in [0.2, 0.25) is 15.9 Å². The molecule has 2 aromatic carbocycles. The second-order valence-electron chi connectivity index (χ2n) is 9.20. The van der Waals surface area contributed by atoms with Crippen molar-refractivity contribution in [2.45, 2.75) is 63.3 Å². The second-order valence-corrected chi connectivity index (χ2v) is 11.1. The van der Waals surface area contributed by atoms with Crippen LogP contribution < -0.4 is 10.1 Å². The highest BCUT2D eigenvalue weighted by Crippen LogP contribution is 2.32. The molecule has 0 aliphatic carbocycles. The molecule has 0 bridgehead atoms. The van der Waals surface area contributed by atoms with Crippen molar-refractivity contribution >= 4 is 15.9 Å². The van der Waals surface area contributed by atoms with Crippen molar-refractivity contribution in [1.29, 1.82) is 0 Å². The van der Waals surface area contributed by atoms with Gasteiger partial charge in [-0.25, -0.2) is 8.42 Å². The van der Waals surface area contributed by atoms with Gasteiger partial charge in [0.1, 0.15) is 10.6 Å². The van der Waals surface area contributed by atoms with Crippen LogP contribution in [-0.2, 0) is 21.2 Å². The first-order chi connectivity index (χ1) is 15.7. The largest absolute Gasteiger partial charge is 0.495 e. The molecule has 0 aromatic heterocycles. The minimum atomic E-state index is -3.77. The van der Waals surface area contributed by atoms with Gasteiger partial charge in [-0.15, -0.1) is 0 Å². The van der Waals surface area contributed by atoms with Crippen LogP contribution in [0.2, 0.25) is 0 Å². The molecule has 1 N–H and O–H groups in total. The predicted molar refractivity (Wildman–Crippen MR) is 131 cm³/mol. The maximum Gasteiger partial charge on any atom is 0.246 e. The molecule has 1 saturated heterocycles. The first-order valence-electron chi connectivity index (χ1n) is 11.7. The number of carbonyl (C=O) groups excluding carboxylic acids is 1. The zero-order valence-electron chi connectivity index (χ0n) is 20.1. The Kier molecular flexibility index (Phi) is 8.54. The molecule has 2 atom stereocenters. The zero-order valence-corrected chi connectivity index (χ0v) is 20.9. The second kappa shape index (κ2) is 11.2. The molecule has 1 fully saturated rings. The summed E-state index contributed by atoms with van der Waals surface area (Å²) >= 11 is 0. The van der Waals surface area contributed by atoms with Crippen molar-refractivity contribution in [3.63, 3.8) is 0 Å². The topological polar surface area (TPSA) is 75.7 Å². The lowest BCUT2D eigenvalue weighted by molar-refractivity contribution is -0.126. The quantitative estimate of drug-likeness (QED) is 0.588. The highest BCUT2D eigenvalue weighted by atomic mass is 32.2. The average molecular weight is 473 g/mol. The van der Waals surface area contributed by atoms with E-state index in [-0.39, 0.29) is 35.2 Å². The van der Waals surface area contributed by atoms with Crippen molar-refractivity contribution in [2.75, 3.05) is 20.2 Å². The number of ether oxygens (including phenoxy) is 1. The van der Waals surface area contributed by atoms with E-state index in [1.165, 1.54) is 17.0 Å². The van der Waals surface area contributed by atoms with E-state index in [0.717, 1.165) is 18.4 Å². The summed E-state index contributed by atoms with van der Waals surface area (Å²) in [5.74, 6) is 0.105. The number of nitrogens with zero attached hydrogens (tertiary/aromatic N) is 1. The molecule has 7 heteroatoms. The molecule has 0 radical (unpaired) electrons. The molecule has 1 aliphatic heterocycles.